The van der Waals surface area contributed by atoms with Gasteiger partial charge in [-0.25, -0.2) is 0 Å². The van der Waals surface area contributed by atoms with Gasteiger partial charge in [0.05, 0.1) is 20.8 Å². The molecule has 0 aromatic heterocycles. The molecule has 2 aromatic rings. The van der Waals surface area contributed by atoms with Crippen molar-refractivity contribution in [3.8, 4) is 23.3 Å². The molecule has 1 N–H and O–H groups in total. The lowest BCUT2D eigenvalue weighted by atomic mass is 10.1. The van der Waals surface area contributed by atoms with Crippen LogP contribution in [0.15, 0.2) is 48.0 Å². The number of amides is 1. The average molecular weight is 352 g/mol. The third-order valence-electron chi connectivity index (χ3n) is 3.53. The van der Waals surface area contributed by atoms with Gasteiger partial charge in [0.2, 0.25) is 0 Å². The molecule has 0 heterocycles. The summed E-state index contributed by atoms with van der Waals surface area (Å²) in [5, 5.41) is 12.0. The molecule has 0 saturated heterocycles. The molecule has 0 aliphatic rings. The smallest absolute Gasteiger partial charge is 0.266 e. The van der Waals surface area contributed by atoms with Gasteiger partial charge in [-0.1, -0.05) is 0 Å². The normalized spacial score (nSPS) is 10.6. The number of rotatable bonds is 7. The minimum atomic E-state index is -0.505. The van der Waals surface area contributed by atoms with E-state index in [0.29, 0.717) is 35.1 Å². The highest BCUT2D eigenvalue weighted by Gasteiger charge is 2.12. The van der Waals surface area contributed by atoms with Crippen molar-refractivity contribution in [2.45, 2.75) is 6.92 Å². The Balaban J connectivity index is 2.20. The van der Waals surface area contributed by atoms with Gasteiger partial charge in [-0.05, 0) is 49.4 Å². The van der Waals surface area contributed by atoms with E-state index < -0.39 is 5.91 Å². The SMILES string of the molecule is CCOc1ccc(NC(=O)/C(C#N)=C\c2ccc(OC)cc2OC)cc1. The molecular weight excluding hydrogens is 332 g/mol. The van der Waals surface area contributed by atoms with E-state index in [9.17, 15) is 10.1 Å². The van der Waals surface area contributed by atoms with E-state index in [1.807, 2.05) is 13.0 Å². The summed E-state index contributed by atoms with van der Waals surface area (Å²) in [7, 11) is 3.06. The second-order valence-electron chi connectivity index (χ2n) is 5.19. The van der Waals surface area contributed by atoms with E-state index in [1.165, 1.54) is 13.2 Å². The number of anilines is 1. The Morgan fingerprint density at radius 2 is 1.81 bits per heavy atom. The summed E-state index contributed by atoms with van der Waals surface area (Å²) in [6.45, 7) is 2.46. The predicted octanol–water partition coefficient (Wildman–Crippen LogP) is 3.65. The van der Waals surface area contributed by atoms with Crippen molar-refractivity contribution in [2.24, 2.45) is 0 Å². The Morgan fingerprint density at radius 1 is 1.12 bits per heavy atom. The Hall–Kier alpha value is -3.46. The predicted molar refractivity (Wildman–Crippen MR) is 99.4 cm³/mol. The molecule has 2 aromatic carbocycles. The number of nitriles is 1. The van der Waals surface area contributed by atoms with Gasteiger partial charge < -0.3 is 19.5 Å². The molecule has 0 aliphatic carbocycles. The highest BCUT2D eigenvalue weighted by molar-refractivity contribution is 6.09. The fraction of sp³-hybridized carbons (Fsp3) is 0.200. The van der Waals surface area contributed by atoms with Crippen LogP contribution in [-0.2, 0) is 4.79 Å². The van der Waals surface area contributed by atoms with E-state index in [2.05, 4.69) is 5.32 Å². The molecule has 6 heteroatoms. The number of hydrogen-bond acceptors (Lipinski definition) is 5. The summed E-state index contributed by atoms with van der Waals surface area (Å²) >= 11 is 0. The topological polar surface area (TPSA) is 80.6 Å². The Bertz CT molecular complexity index is 836. The van der Waals surface area contributed by atoms with Gasteiger partial charge in [0, 0.05) is 17.3 Å². The third-order valence-corrected chi connectivity index (χ3v) is 3.53. The van der Waals surface area contributed by atoms with Crippen LogP contribution in [0.4, 0.5) is 5.69 Å². The van der Waals surface area contributed by atoms with Crippen LogP contribution in [-0.4, -0.2) is 26.7 Å². The molecule has 0 bridgehead atoms. The monoisotopic (exact) mass is 352 g/mol. The first-order valence-corrected chi connectivity index (χ1v) is 7.99. The van der Waals surface area contributed by atoms with E-state index in [4.69, 9.17) is 14.2 Å². The summed E-state index contributed by atoms with van der Waals surface area (Å²) in [6.07, 6.45) is 1.47. The molecule has 0 radical (unpaired) electrons. The summed E-state index contributed by atoms with van der Waals surface area (Å²) in [6, 6.07) is 14.0. The lowest BCUT2D eigenvalue weighted by Gasteiger charge is -2.09. The average Bonchev–Trinajstić information content (AvgIpc) is 2.67. The third kappa shape index (κ3) is 4.77. The standard InChI is InChI=1S/C20H20N2O4/c1-4-26-17-9-6-16(7-10-17)22-20(23)15(13-21)11-14-5-8-18(24-2)12-19(14)25-3/h5-12H,4H2,1-3H3,(H,22,23)/b15-11-. The minimum Gasteiger partial charge on any atom is -0.497 e. The molecule has 0 unspecified atom stereocenters. The molecule has 0 fully saturated rings. The van der Waals surface area contributed by atoms with E-state index in [1.54, 1.807) is 49.6 Å². The number of benzene rings is 2. The van der Waals surface area contributed by atoms with Gasteiger partial charge in [-0.15, -0.1) is 0 Å². The van der Waals surface area contributed by atoms with E-state index in [0.717, 1.165) is 0 Å². The van der Waals surface area contributed by atoms with Crippen LogP contribution in [0.5, 0.6) is 17.2 Å². The van der Waals surface area contributed by atoms with Crippen molar-refractivity contribution in [1.29, 1.82) is 5.26 Å². The molecule has 134 valence electrons. The van der Waals surface area contributed by atoms with Crippen molar-refractivity contribution < 1.29 is 19.0 Å². The van der Waals surface area contributed by atoms with E-state index >= 15 is 0 Å². The van der Waals surface area contributed by atoms with Crippen molar-refractivity contribution in [3.05, 3.63) is 53.6 Å². The molecule has 26 heavy (non-hydrogen) atoms. The summed E-state index contributed by atoms with van der Waals surface area (Å²) < 4.78 is 15.8. The number of nitrogens with one attached hydrogen (secondary N) is 1. The maximum Gasteiger partial charge on any atom is 0.266 e. The molecule has 0 spiro atoms. The number of methoxy groups -OCH3 is 2. The second-order valence-corrected chi connectivity index (χ2v) is 5.19. The maximum absolute atomic E-state index is 12.4. The lowest BCUT2D eigenvalue weighted by molar-refractivity contribution is -0.112. The van der Waals surface area contributed by atoms with Crippen molar-refractivity contribution in [2.75, 3.05) is 26.1 Å². The van der Waals surface area contributed by atoms with Gasteiger partial charge in [0.1, 0.15) is 28.9 Å². The Morgan fingerprint density at radius 3 is 2.38 bits per heavy atom. The van der Waals surface area contributed by atoms with Crippen molar-refractivity contribution in [1.82, 2.24) is 0 Å². The van der Waals surface area contributed by atoms with Gasteiger partial charge in [0.25, 0.3) is 5.91 Å². The fourth-order valence-corrected chi connectivity index (χ4v) is 2.24. The summed E-state index contributed by atoms with van der Waals surface area (Å²) in [4.78, 5) is 12.4. The number of hydrogen-bond donors (Lipinski definition) is 1. The largest absolute Gasteiger partial charge is 0.497 e. The van der Waals surface area contributed by atoms with Crippen LogP contribution in [0.3, 0.4) is 0 Å². The molecule has 1 amide bonds. The molecule has 6 nitrogen and oxygen atoms in total. The molecule has 2 rings (SSSR count). The summed E-state index contributed by atoms with van der Waals surface area (Å²) in [5.41, 5.74) is 1.13. The lowest BCUT2D eigenvalue weighted by Crippen LogP contribution is -2.13. The molecule has 0 aliphatic heterocycles. The zero-order valence-corrected chi connectivity index (χ0v) is 14.9. The van der Waals surface area contributed by atoms with Crippen LogP contribution < -0.4 is 19.5 Å². The van der Waals surface area contributed by atoms with Gasteiger partial charge in [-0.3, -0.25) is 4.79 Å². The Labute approximate surface area is 152 Å². The Kier molecular flexibility index (Phi) is 6.63. The first-order valence-electron chi connectivity index (χ1n) is 7.99. The number of nitrogens with zero attached hydrogens (tertiary/aromatic N) is 1. The number of carbonyl (C=O) groups is 1. The van der Waals surface area contributed by atoms with Crippen LogP contribution in [0, 0.1) is 11.3 Å². The minimum absolute atomic E-state index is 0.0395. The zero-order valence-electron chi connectivity index (χ0n) is 14.9. The summed E-state index contributed by atoms with van der Waals surface area (Å²) in [5.74, 6) is 1.33. The van der Waals surface area contributed by atoms with Crippen LogP contribution >= 0.6 is 0 Å². The van der Waals surface area contributed by atoms with Gasteiger partial charge >= 0.3 is 0 Å². The van der Waals surface area contributed by atoms with E-state index in [-0.39, 0.29) is 5.57 Å². The van der Waals surface area contributed by atoms with Gasteiger partial charge in [0.15, 0.2) is 0 Å². The first kappa shape index (κ1) is 18.9. The number of ether oxygens (including phenoxy) is 3. The maximum atomic E-state index is 12.4. The highest BCUT2D eigenvalue weighted by atomic mass is 16.5. The van der Waals surface area contributed by atoms with Crippen LogP contribution in [0.2, 0.25) is 0 Å². The van der Waals surface area contributed by atoms with Crippen molar-refractivity contribution in [3.63, 3.8) is 0 Å². The quantitative estimate of drug-likeness (QED) is 0.608. The zero-order chi connectivity index (χ0) is 18.9. The highest BCUT2D eigenvalue weighted by Crippen LogP contribution is 2.26. The first-order chi connectivity index (χ1) is 12.6. The van der Waals surface area contributed by atoms with Crippen LogP contribution in [0.1, 0.15) is 12.5 Å². The number of carbonyl (C=O) groups excluding carboxylic acids is 1. The molecule has 0 atom stereocenters. The van der Waals surface area contributed by atoms with Crippen molar-refractivity contribution >= 4 is 17.7 Å². The second kappa shape index (κ2) is 9.14. The van der Waals surface area contributed by atoms with Gasteiger partial charge in [-0.2, -0.15) is 5.26 Å². The fourth-order valence-electron chi connectivity index (χ4n) is 2.24. The van der Waals surface area contributed by atoms with Crippen LogP contribution in [0.25, 0.3) is 6.08 Å². The molecule has 0 saturated carbocycles. The molecular formula is C20H20N2O4.